The molecular weight excluding hydrogens is 212 g/mol. The maximum absolute atomic E-state index is 8.73. The summed E-state index contributed by atoms with van der Waals surface area (Å²) in [6.45, 7) is 4.60. The molecular formula is C13H16N4. The van der Waals surface area contributed by atoms with Gasteiger partial charge >= 0.3 is 0 Å². The number of hydrogen-bond donors (Lipinski definition) is 0. The van der Waals surface area contributed by atoms with Gasteiger partial charge in [0.1, 0.15) is 11.8 Å². The number of rotatable bonds is 1. The maximum Gasteiger partial charge on any atom is 0.140 e. The van der Waals surface area contributed by atoms with E-state index in [-0.39, 0.29) is 0 Å². The van der Waals surface area contributed by atoms with Crippen LogP contribution < -0.4 is 4.90 Å². The molecule has 1 unspecified atom stereocenters. The van der Waals surface area contributed by atoms with Crippen molar-refractivity contribution in [3.63, 3.8) is 0 Å². The third-order valence-corrected chi connectivity index (χ3v) is 3.81. The fourth-order valence-corrected chi connectivity index (χ4v) is 2.86. The number of pyridine rings is 1. The van der Waals surface area contributed by atoms with Gasteiger partial charge in [0.2, 0.25) is 0 Å². The second kappa shape index (κ2) is 4.34. The smallest absolute Gasteiger partial charge is 0.140 e. The highest BCUT2D eigenvalue weighted by atomic mass is 15.3. The van der Waals surface area contributed by atoms with Crippen LogP contribution in [0, 0.1) is 11.3 Å². The van der Waals surface area contributed by atoms with Gasteiger partial charge in [0, 0.05) is 25.7 Å². The Balaban J connectivity index is 1.74. The van der Waals surface area contributed by atoms with Gasteiger partial charge in [-0.15, -0.1) is 0 Å². The summed E-state index contributed by atoms with van der Waals surface area (Å²) in [5.74, 6) is 0. The van der Waals surface area contributed by atoms with Gasteiger partial charge in [0.05, 0.1) is 11.9 Å². The molecule has 3 heterocycles. The van der Waals surface area contributed by atoms with Crippen LogP contribution in [-0.4, -0.2) is 42.1 Å². The van der Waals surface area contributed by atoms with Crippen molar-refractivity contribution in [1.82, 2.24) is 9.88 Å². The molecule has 0 N–H and O–H groups in total. The summed E-state index contributed by atoms with van der Waals surface area (Å²) in [4.78, 5) is 9.12. The van der Waals surface area contributed by atoms with Crippen molar-refractivity contribution < 1.29 is 0 Å². The van der Waals surface area contributed by atoms with E-state index >= 15 is 0 Å². The highest BCUT2D eigenvalue weighted by Crippen LogP contribution is 2.24. The van der Waals surface area contributed by atoms with Crippen molar-refractivity contribution in [3.8, 4) is 6.07 Å². The Morgan fingerprint density at radius 2 is 2.24 bits per heavy atom. The van der Waals surface area contributed by atoms with Crippen molar-refractivity contribution in [2.24, 2.45) is 0 Å². The lowest BCUT2D eigenvalue weighted by Gasteiger charge is -2.38. The zero-order chi connectivity index (χ0) is 11.7. The van der Waals surface area contributed by atoms with Crippen molar-refractivity contribution in [1.29, 1.82) is 5.26 Å². The molecule has 1 aromatic heterocycles. The predicted molar refractivity (Wildman–Crippen MR) is 65.8 cm³/mol. The fraction of sp³-hybridized carbons (Fsp3) is 0.538. The third-order valence-electron chi connectivity index (χ3n) is 3.81. The van der Waals surface area contributed by atoms with E-state index in [2.05, 4.69) is 20.9 Å². The van der Waals surface area contributed by atoms with Gasteiger partial charge in [-0.2, -0.15) is 5.26 Å². The van der Waals surface area contributed by atoms with Crippen molar-refractivity contribution in [3.05, 3.63) is 24.0 Å². The molecule has 0 radical (unpaired) electrons. The highest BCUT2D eigenvalue weighted by molar-refractivity contribution is 5.46. The zero-order valence-corrected chi connectivity index (χ0v) is 9.84. The van der Waals surface area contributed by atoms with Gasteiger partial charge in [0.25, 0.3) is 0 Å². The lowest BCUT2D eigenvalue weighted by molar-refractivity contribution is 0.231. The largest absolute Gasteiger partial charge is 0.367 e. The molecule has 2 saturated heterocycles. The number of anilines is 1. The van der Waals surface area contributed by atoms with Gasteiger partial charge < -0.3 is 4.90 Å². The lowest BCUT2D eigenvalue weighted by atomic mass is 10.1. The molecule has 4 heteroatoms. The summed E-state index contributed by atoms with van der Waals surface area (Å²) in [6, 6.07) is 6.59. The number of piperazine rings is 1. The quantitative estimate of drug-likeness (QED) is 0.725. The summed E-state index contributed by atoms with van der Waals surface area (Å²) in [7, 11) is 0. The lowest BCUT2D eigenvalue weighted by Crippen LogP contribution is -2.50. The summed E-state index contributed by atoms with van der Waals surface area (Å²) in [5.41, 5.74) is 1.64. The Morgan fingerprint density at radius 1 is 1.29 bits per heavy atom. The van der Waals surface area contributed by atoms with Gasteiger partial charge in [0.15, 0.2) is 0 Å². The molecule has 17 heavy (non-hydrogen) atoms. The zero-order valence-electron chi connectivity index (χ0n) is 9.84. The van der Waals surface area contributed by atoms with Crippen LogP contribution in [0.1, 0.15) is 18.5 Å². The molecule has 3 rings (SSSR count). The van der Waals surface area contributed by atoms with E-state index in [0.29, 0.717) is 5.69 Å². The number of hydrogen-bond acceptors (Lipinski definition) is 4. The van der Waals surface area contributed by atoms with E-state index in [0.717, 1.165) is 31.4 Å². The summed E-state index contributed by atoms with van der Waals surface area (Å²) >= 11 is 0. The van der Waals surface area contributed by atoms with Crippen molar-refractivity contribution >= 4 is 5.69 Å². The van der Waals surface area contributed by atoms with Crippen LogP contribution in [0.3, 0.4) is 0 Å². The standard InChI is InChI=1S/C13H16N4/c14-8-11-3-4-12(9-15-11)17-7-6-16-5-1-2-13(16)10-17/h3-4,9,13H,1-2,5-7,10H2. The normalized spacial score (nSPS) is 24.4. The Kier molecular flexibility index (Phi) is 2.69. The fourth-order valence-electron chi connectivity index (χ4n) is 2.86. The second-order valence-corrected chi connectivity index (χ2v) is 4.79. The third kappa shape index (κ3) is 1.98. The van der Waals surface area contributed by atoms with Crippen LogP contribution in [0.15, 0.2) is 18.3 Å². The monoisotopic (exact) mass is 228 g/mol. The summed E-state index contributed by atoms with van der Waals surface area (Å²) < 4.78 is 0. The number of nitriles is 1. The first-order valence-electron chi connectivity index (χ1n) is 6.22. The average molecular weight is 228 g/mol. The van der Waals surface area contributed by atoms with E-state index in [1.807, 2.05) is 12.3 Å². The van der Waals surface area contributed by atoms with Gasteiger partial charge in [-0.25, -0.2) is 4.98 Å². The molecule has 0 saturated carbocycles. The molecule has 2 aliphatic heterocycles. The molecule has 88 valence electrons. The summed E-state index contributed by atoms with van der Waals surface area (Å²) in [6.07, 6.45) is 4.48. The van der Waals surface area contributed by atoms with Gasteiger partial charge in [-0.05, 0) is 31.5 Å². The maximum atomic E-state index is 8.73. The number of fused-ring (bicyclic) bond motifs is 1. The molecule has 0 aliphatic carbocycles. The molecule has 0 bridgehead atoms. The van der Waals surface area contributed by atoms with E-state index in [4.69, 9.17) is 5.26 Å². The molecule has 0 spiro atoms. The molecule has 4 nitrogen and oxygen atoms in total. The first-order chi connectivity index (χ1) is 8.36. The molecule has 2 fully saturated rings. The minimum atomic E-state index is 0.494. The predicted octanol–water partition coefficient (Wildman–Crippen LogP) is 1.24. The Bertz CT molecular complexity index is 434. The number of aromatic nitrogens is 1. The van der Waals surface area contributed by atoms with Gasteiger partial charge in [-0.1, -0.05) is 0 Å². The Hall–Kier alpha value is -1.60. The van der Waals surface area contributed by atoms with Crippen LogP contribution >= 0.6 is 0 Å². The topological polar surface area (TPSA) is 43.2 Å². The van der Waals surface area contributed by atoms with E-state index in [1.54, 1.807) is 6.07 Å². The summed E-state index contributed by atoms with van der Waals surface area (Å²) in [5, 5.41) is 8.73. The van der Waals surface area contributed by atoms with E-state index in [9.17, 15) is 0 Å². The molecule has 0 amide bonds. The van der Waals surface area contributed by atoms with Crippen LogP contribution in [0.25, 0.3) is 0 Å². The molecule has 1 aromatic rings. The van der Waals surface area contributed by atoms with Crippen molar-refractivity contribution in [2.75, 3.05) is 31.1 Å². The molecule has 0 aromatic carbocycles. The number of nitrogens with zero attached hydrogens (tertiary/aromatic N) is 4. The Morgan fingerprint density at radius 3 is 3.00 bits per heavy atom. The van der Waals surface area contributed by atoms with Gasteiger partial charge in [-0.3, -0.25) is 4.90 Å². The van der Waals surface area contributed by atoms with Crippen LogP contribution in [0.5, 0.6) is 0 Å². The highest BCUT2D eigenvalue weighted by Gasteiger charge is 2.30. The minimum absolute atomic E-state index is 0.494. The average Bonchev–Trinajstić information content (AvgIpc) is 2.86. The second-order valence-electron chi connectivity index (χ2n) is 4.79. The first-order valence-corrected chi connectivity index (χ1v) is 6.22. The minimum Gasteiger partial charge on any atom is -0.367 e. The van der Waals surface area contributed by atoms with E-state index < -0.39 is 0 Å². The SMILES string of the molecule is N#Cc1ccc(N2CCN3CCCC3C2)cn1. The first kappa shape index (κ1) is 10.5. The van der Waals surface area contributed by atoms with Crippen LogP contribution in [0.4, 0.5) is 5.69 Å². The van der Waals surface area contributed by atoms with Crippen LogP contribution in [0.2, 0.25) is 0 Å². The van der Waals surface area contributed by atoms with Crippen molar-refractivity contribution in [2.45, 2.75) is 18.9 Å². The van der Waals surface area contributed by atoms with E-state index in [1.165, 1.54) is 19.4 Å². The Labute approximate surface area is 101 Å². The molecule has 1 atom stereocenters. The van der Waals surface area contributed by atoms with Crippen LogP contribution in [-0.2, 0) is 0 Å². The molecule has 2 aliphatic rings.